The first-order valence-electron chi connectivity index (χ1n) is 14.7. The molecule has 5 rings (SSSR count). The zero-order valence-electron chi connectivity index (χ0n) is 25.0. The Kier molecular flexibility index (Phi) is 10.2. The van der Waals surface area contributed by atoms with Crippen molar-refractivity contribution in [2.45, 2.75) is 38.8 Å². The second-order valence-electron chi connectivity index (χ2n) is 10.8. The molecule has 0 aliphatic carbocycles. The molecule has 4 atom stereocenters. The van der Waals surface area contributed by atoms with Crippen LogP contribution in [0.2, 0.25) is 0 Å². The number of benzene rings is 4. The summed E-state index contributed by atoms with van der Waals surface area (Å²) < 4.78 is 38.5. The van der Waals surface area contributed by atoms with Crippen LogP contribution in [0.1, 0.15) is 40.1 Å². The van der Waals surface area contributed by atoms with Gasteiger partial charge in [-0.2, -0.15) is 0 Å². The van der Waals surface area contributed by atoms with Crippen LogP contribution < -0.4 is 10.1 Å². The minimum atomic E-state index is -1.13. The average Bonchev–Trinajstić information content (AvgIpc) is 3.05. The van der Waals surface area contributed by atoms with Gasteiger partial charge in [0.25, 0.3) is 0 Å². The van der Waals surface area contributed by atoms with Crippen LogP contribution in [0.3, 0.4) is 0 Å². The second kappa shape index (κ2) is 14.6. The third-order valence-electron chi connectivity index (χ3n) is 7.42. The zero-order chi connectivity index (χ0) is 31.8. The maximum atomic E-state index is 14.2. The molecule has 1 saturated heterocycles. The number of hydrogen-bond donors (Lipinski definition) is 1. The van der Waals surface area contributed by atoms with Gasteiger partial charge in [-0.25, -0.2) is 14.0 Å². The molecule has 1 unspecified atom stereocenters. The van der Waals surface area contributed by atoms with Crippen LogP contribution in [0.4, 0.5) is 4.39 Å². The smallest absolute Gasteiger partial charge is 0.338 e. The Bertz CT molecular complexity index is 1630. The molecule has 1 aliphatic rings. The molecular formula is C36H34FNO7. The van der Waals surface area contributed by atoms with Crippen molar-refractivity contribution in [2.75, 3.05) is 13.2 Å². The van der Waals surface area contributed by atoms with Crippen molar-refractivity contribution in [1.29, 1.82) is 0 Å². The first-order valence-corrected chi connectivity index (χ1v) is 14.7. The van der Waals surface area contributed by atoms with Gasteiger partial charge in [0.2, 0.25) is 18.3 Å². The van der Waals surface area contributed by atoms with Gasteiger partial charge in [-0.1, -0.05) is 61.5 Å². The molecule has 1 fully saturated rings. The maximum Gasteiger partial charge on any atom is 0.338 e. The van der Waals surface area contributed by atoms with Gasteiger partial charge < -0.3 is 24.3 Å². The lowest BCUT2D eigenvalue weighted by Crippen LogP contribution is -2.55. The molecule has 4 aromatic carbocycles. The predicted molar refractivity (Wildman–Crippen MR) is 165 cm³/mol. The molecule has 9 heteroatoms. The predicted octanol–water partition coefficient (Wildman–Crippen LogP) is 5.99. The fourth-order valence-corrected chi connectivity index (χ4v) is 5.13. The number of hydrogen-bond acceptors (Lipinski definition) is 7. The topological polar surface area (TPSA) is 100 Å². The molecule has 0 bridgehead atoms. The number of nitrogens with one attached hydrogen (secondary N) is 1. The van der Waals surface area contributed by atoms with E-state index in [9.17, 15) is 18.8 Å². The van der Waals surface area contributed by atoms with Gasteiger partial charge in [-0.3, -0.25) is 4.79 Å². The molecule has 1 heterocycles. The van der Waals surface area contributed by atoms with Crippen LogP contribution >= 0.6 is 0 Å². The van der Waals surface area contributed by atoms with E-state index >= 15 is 0 Å². The Morgan fingerprint density at radius 3 is 2.09 bits per heavy atom. The first-order chi connectivity index (χ1) is 21.8. The SMILES string of the molecule is CC(=O)NCCc1ccc(OC2OC[C@H](C)[C@H](OC(=O)c3ccccc3)[C@@H]2OC(=O)c2ccccc2)cc1-c1cccc(F)c1. The van der Waals surface area contributed by atoms with E-state index in [1.54, 1.807) is 84.9 Å². The van der Waals surface area contributed by atoms with Crippen molar-refractivity contribution in [3.8, 4) is 16.9 Å². The number of amides is 1. The third kappa shape index (κ3) is 8.13. The van der Waals surface area contributed by atoms with E-state index in [0.29, 0.717) is 41.0 Å². The van der Waals surface area contributed by atoms with Crippen LogP contribution in [0.5, 0.6) is 5.75 Å². The highest BCUT2D eigenvalue weighted by Gasteiger charge is 2.45. The molecule has 0 radical (unpaired) electrons. The summed E-state index contributed by atoms with van der Waals surface area (Å²) in [4.78, 5) is 37.8. The normalized spacial score (nSPS) is 19.3. The van der Waals surface area contributed by atoms with Crippen LogP contribution in [0.15, 0.2) is 103 Å². The van der Waals surface area contributed by atoms with Crippen molar-refractivity contribution < 1.29 is 37.7 Å². The maximum absolute atomic E-state index is 14.2. The van der Waals surface area contributed by atoms with Crippen molar-refractivity contribution >= 4 is 17.8 Å². The van der Waals surface area contributed by atoms with Gasteiger partial charge in [-0.05, 0) is 71.6 Å². The molecule has 45 heavy (non-hydrogen) atoms. The molecule has 4 aromatic rings. The molecule has 1 N–H and O–H groups in total. The van der Waals surface area contributed by atoms with Gasteiger partial charge in [0.05, 0.1) is 17.7 Å². The summed E-state index contributed by atoms with van der Waals surface area (Å²) in [6.07, 6.45) is -2.64. The Morgan fingerprint density at radius 2 is 1.47 bits per heavy atom. The molecular weight excluding hydrogens is 577 g/mol. The van der Waals surface area contributed by atoms with E-state index in [0.717, 1.165) is 5.56 Å². The lowest BCUT2D eigenvalue weighted by Gasteiger charge is -2.40. The van der Waals surface area contributed by atoms with E-state index in [1.165, 1.54) is 19.1 Å². The quantitative estimate of drug-likeness (QED) is 0.220. The summed E-state index contributed by atoms with van der Waals surface area (Å²) in [5, 5.41) is 2.78. The highest BCUT2D eigenvalue weighted by Crippen LogP contribution is 2.33. The molecule has 0 spiro atoms. The van der Waals surface area contributed by atoms with Crippen LogP contribution in [0.25, 0.3) is 11.1 Å². The molecule has 1 amide bonds. The van der Waals surface area contributed by atoms with Gasteiger partial charge in [0.1, 0.15) is 17.7 Å². The lowest BCUT2D eigenvalue weighted by atomic mass is 9.96. The monoisotopic (exact) mass is 611 g/mol. The Balaban J connectivity index is 1.45. The molecule has 0 saturated carbocycles. The van der Waals surface area contributed by atoms with E-state index in [-0.39, 0.29) is 18.4 Å². The minimum absolute atomic E-state index is 0.149. The third-order valence-corrected chi connectivity index (χ3v) is 7.42. The van der Waals surface area contributed by atoms with Crippen molar-refractivity contribution in [1.82, 2.24) is 5.32 Å². The van der Waals surface area contributed by atoms with Crippen LogP contribution in [-0.4, -0.2) is 49.5 Å². The van der Waals surface area contributed by atoms with Crippen molar-refractivity contribution in [3.63, 3.8) is 0 Å². The van der Waals surface area contributed by atoms with Crippen LogP contribution in [-0.2, 0) is 25.4 Å². The Labute approximate surface area is 261 Å². The van der Waals surface area contributed by atoms with E-state index in [4.69, 9.17) is 18.9 Å². The summed E-state index contributed by atoms with van der Waals surface area (Å²) in [7, 11) is 0. The standard InChI is InChI=1S/C36H34FNO7/c1-23-22-42-36(43-30-17-16-25(18-19-38-24(2)39)31(21-30)28-14-9-15-29(37)20-28)33(45-35(41)27-12-7-4-8-13-27)32(23)44-34(40)26-10-5-3-6-11-26/h3-17,20-21,23,32-33,36H,18-19,22H2,1-2H3,(H,38,39)/t23-,32-,33-,36?/m0/s1. The number of esters is 2. The zero-order valence-corrected chi connectivity index (χ0v) is 25.0. The van der Waals surface area contributed by atoms with Gasteiger partial charge in [0, 0.05) is 19.4 Å². The summed E-state index contributed by atoms with van der Waals surface area (Å²) >= 11 is 0. The second-order valence-corrected chi connectivity index (χ2v) is 10.8. The minimum Gasteiger partial charge on any atom is -0.461 e. The summed E-state index contributed by atoms with van der Waals surface area (Å²) in [6.45, 7) is 3.85. The average molecular weight is 612 g/mol. The van der Waals surface area contributed by atoms with Crippen molar-refractivity contribution in [3.05, 3.63) is 126 Å². The molecule has 8 nitrogen and oxygen atoms in total. The molecule has 1 aliphatic heterocycles. The van der Waals surface area contributed by atoms with Gasteiger partial charge >= 0.3 is 11.9 Å². The Morgan fingerprint density at radius 1 is 0.822 bits per heavy atom. The first kappa shape index (κ1) is 31.4. The number of carbonyl (C=O) groups is 3. The number of halogens is 1. The van der Waals surface area contributed by atoms with Gasteiger partial charge in [-0.15, -0.1) is 0 Å². The highest BCUT2D eigenvalue weighted by molar-refractivity contribution is 5.90. The molecule has 0 aromatic heterocycles. The van der Waals surface area contributed by atoms with E-state index < -0.39 is 36.3 Å². The highest BCUT2D eigenvalue weighted by atomic mass is 19.1. The van der Waals surface area contributed by atoms with Gasteiger partial charge in [0.15, 0.2) is 0 Å². The largest absolute Gasteiger partial charge is 0.461 e. The summed E-state index contributed by atoms with van der Waals surface area (Å²) in [5.74, 6) is -1.69. The number of ether oxygens (including phenoxy) is 4. The molecule has 232 valence electrons. The fraction of sp³-hybridized carbons (Fsp3) is 0.250. The Hall–Kier alpha value is -5.02. The summed E-state index contributed by atoms with van der Waals surface area (Å²) in [5.41, 5.74) is 2.86. The fourth-order valence-electron chi connectivity index (χ4n) is 5.13. The van der Waals surface area contributed by atoms with Crippen molar-refractivity contribution in [2.24, 2.45) is 5.92 Å². The lowest BCUT2D eigenvalue weighted by molar-refractivity contribution is -0.225. The summed E-state index contributed by atoms with van der Waals surface area (Å²) in [6, 6.07) is 28.5. The number of carbonyl (C=O) groups excluding carboxylic acids is 3. The number of rotatable bonds is 10. The van der Waals surface area contributed by atoms with Crippen LogP contribution in [0, 0.1) is 11.7 Å². The van der Waals surface area contributed by atoms with E-state index in [1.807, 2.05) is 13.0 Å². The van der Waals surface area contributed by atoms with E-state index in [2.05, 4.69) is 5.32 Å².